The van der Waals surface area contributed by atoms with E-state index in [9.17, 15) is 28.1 Å². The van der Waals surface area contributed by atoms with Crippen LogP contribution < -0.4 is 5.32 Å². The summed E-state index contributed by atoms with van der Waals surface area (Å²) in [6, 6.07) is 12.6. The van der Waals surface area contributed by atoms with Crippen molar-refractivity contribution in [1.82, 2.24) is 0 Å². The van der Waals surface area contributed by atoms with Crippen molar-refractivity contribution in [1.29, 1.82) is 0 Å². The van der Waals surface area contributed by atoms with Crippen molar-refractivity contribution in [3.63, 3.8) is 0 Å². The summed E-state index contributed by atoms with van der Waals surface area (Å²) < 4.78 is 30.0. The Kier molecular flexibility index (Phi) is 6.47. The highest BCUT2D eigenvalue weighted by Gasteiger charge is 2.33. The summed E-state index contributed by atoms with van der Waals surface area (Å²) in [5.41, 5.74) is 0.224. The van der Waals surface area contributed by atoms with Gasteiger partial charge in [0.15, 0.2) is 21.2 Å². The molecule has 0 aliphatic rings. The maximum absolute atomic E-state index is 12.5. The molecule has 1 amide bonds. The number of carbonyl (C=O) groups is 2. The molecule has 2 aromatic rings. The number of nitro groups is 1. The molecule has 0 aliphatic heterocycles. The number of anilines is 1. The summed E-state index contributed by atoms with van der Waals surface area (Å²) in [5, 5.41) is 11.6. The summed E-state index contributed by atoms with van der Waals surface area (Å²) in [7, 11) is -4.14. The molecular weight excluding hydrogens is 388 g/mol. The molecule has 0 aliphatic carbocycles. The van der Waals surface area contributed by atoms with Gasteiger partial charge in [-0.25, -0.2) is 8.42 Å². The van der Waals surface area contributed by atoms with Gasteiger partial charge in [0.05, 0.1) is 9.82 Å². The number of carbonyl (C=O) groups excluding carboxylic acids is 2. The van der Waals surface area contributed by atoms with Crippen LogP contribution in [0.25, 0.3) is 0 Å². The van der Waals surface area contributed by atoms with Gasteiger partial charge in [-0.3, -0.25) is 19.7 Å². The zero-order valence-corrected chi connectivity index (χ0v) is 15.9. The SMILES string of the molecule is C[C@H](C(=O)O[C@H](C)C(=O)Nc1ccccc1)S(=O)(=O)c1ccc([N+](=O)[O-])cc1. The smallest absolute Gasteiger partial charge is 0.325 e. The van der Waals surface area contributed by atoms with Gasteiger partial charge in [-0.1, -0.05) is 18.2 Å². The molecule has 10 heteroatoms. The Bertz CT molecular complexity index is 973. The minimum atomic E-state index is -4.14. The number of sulfone groups is 1. The van der Waals surface area contributed by atoms with Crippen molar-refractivity contribution in [2.75, 3.05) is 5.32 Å². The van der Waals surface area contributed by atoms with E-state index in [2.05, 4.69) is 5.32 Å². The zero-order chi connectivity index (χ0) is 20.9. The number of nitro benzene ring substituents is 1. The lowest BCUT2D eigenvalue weighted by atomic mass is 10.3. The van der Waals surface area contributed by atoms with E-state index in [1.165, 1.54) is 6.92 Å². The predicted octanol–water partition coefficient (Wildman–Crippen LogP) is 2.33. The number of benzene rings is 2. The molecule has 148 valence electrons. The average Bonchev–Trinajstić information content (AvgIpc) is 2.68. The van der Waals surface area contributed by atoms with Crippen molar-refractivity contribution >= 4 is 33.1 Å². The van der Waals surface area contributed by atoms with Crippen LogP contribution in [0.2, 0.25) is 0 Å². The van der Waals surface area contributed by atoms with Crippen LogP contribution in [-0.2, 0) is 24.2 Å². The van der Waals surface area contributed by atoms with Crippen molar-refractivity contribution in [3.05, 3.63) is 64.7 Å². The summed E-state index contributed by atoms with van der Waals surface area (Å²) >= 11 is 0. The number of esters is 1. The molecule has 0 spiro atoms. The molecule has 2 rings (SSSR count). The molecule has 0 unspecified atom stereocenters. The number of rotatable bonds is 7. The number of ether oxygens (including phenoxy) is 1. The van der Waals surface area contributed by atoms with Crippen molar-refractivity contribution in [2.45, 2.75) is 30.1 Å². The monoisotopic (exact) mass is 406 g/mol. The summed E-state index contributed by atoms with van der Waals surface area (Å²) in [5.74, 6) is -1.71. The predicted molar refractivity (Wildman–Crippen MR) is 100 cm³/mol. The minimum absolute atomic E-state index is 0.260. The quantitative estimate of drug-likeness (QED) is 0.424. The van der Waals surface area contributed by atoms with Crippen LogP contribution in [0.4, 0.5) is 11.4 Å². The number of nitrogens with one attached hydrogen (secondary N) is 1. The van der Waals surface area contributed by atoms with Crippen LogP contribution in [0.1, 0.15) is 13.8 Å². The summed E-state index contributed by atoms with van der Waals surface area (Å²) in [4.78, 5) is 34.0. The van der Waals surface area contributed by atoms with Crippen LogP contribution in [0, 0.1) is 10.1 Å². The van der Waals surface area contributed by atoms with E-state index >= 15 is 0 Å². The molecule has 0 aromatic heterocycles. The second-order valence-electron chi connectivity index (χ2n) is 5.87. The van der Waals surface area contributed by atoms with E-state index < -0.39 is 38.0 Å². The van der Waals surface area contributed by atoms with Gasteiger partial charge in [-0.2, -0.15) is 0 Å². The Balaban J connectivity index is 2.05. The molecule has 2 atom stereocenters. The number of hydrogen-bond donors (Lipinski definition) is 1. The Hall–Kier alpha value is -3.27. The minimum Gasteiger partial charge on any atom is -0.452 e. The fourth-order valence-corrected chi connectivity index (χ4v) is 3.41. The van der Waals surface area contributed by atoms with Gasteiger partial charge in [0.2, 0.25) is 0 Å². The highest BCUT2D eigenvalue weighted by Crippen LogP contribution is 2.21. The Morgan fingerprint density at radius 2 is 1.61 bits per heavy atom. The van der Waals surface area contributed by atoms with Crippen LogP contribution in [0.5, 0.6) is 0 Å². The van der Waals surface area contributed by atoms with E-state index in [-0.39, 0.29) is 10.6 Å². The lowest BCUT2D eigenvalue weighted by molar-refractivity contribution is -0.384. The maximum atomic E-state index is 12.5. The highest BCUT2D eigenvalue weighted by atomic mass is 32.2. The second-order valence-corrected chi connectivity index (χ2v) is 8.14. The Morgan fingerprint density at radius 3 is 2.14 bits per heavy atom. The van der Waals surface area contributed by atoms with Crippen LogP contribution in [0.15, 0.2) is 59.5 Å². The lowest BCUT2D eigenvalue weighted by Gasteiger charge is -2.17. The maximum Gasteiger partial charge on any atom is 0.325 e. The van der Waals surface area contributed by atoms with Gasteiger partial charge >= 0.3 is 5.97 Å². The third-order valence-corrected chi connectivity index (χ3v) is 5.93. The van der Waals surface area contributed by atoms with Crippen LogP contribution in [-0.4, -0.2) is 36.6 Å². The third kappa shape index (κ3) is 4.92. The molecule has 0 fully saturated rings. The van der Waals surface area contributed by atoms with E-state index in [1.807, 2.05) is 0 Å². The molecular formula is C18H18N2O7S. The van der Waals surface area contributed by atoms with E-state index in [0.717, 1.165) is 31.2 Å². The number of amides is 1. The highest BCUT2D eigenvalue weighted by molar-refractivity contribution is 7.92. The molecule has 9 nitrogen and oxygen atoms in total. The number of hydrogen-bond acceptors (Lipinski definition) is 7. The van der Waals surface area contributed by atoms with Gasteiger partial charge in [-0.05, 0) is 38.1 Å². The van der Waals surface area contributed by atoms with E-state index in [4.69, 9.17) is 4.74 Å². The Labute approximate surface area is 161 Å². The fourth-order valence-electron chi connectivity index (χ4n) is 2.18. The van der Waals surface area contributed by atoms with E-state index in [1.54, 1.807) is 30.3 Å². The van der Waals surface area contributed by atoms with Gasteiger partial charge in [0.25, 0.3) is 11.6 Å². The normalized spacial score (nSPS) is 13.2. The molecule has 0 heterocycles. The molecule has 28 heavy (non-hydrogen) atoms. The first kappa shape index (κ1) is 21.0. The first-order valence-electron chi connectivity index (χ1n) is 8.17. The second kappa shape index (κ2) is 8.61. The first-order valence-corrected chi connectivity index (χ1v) is 9.72. The average molecular weight is 406 g/mol. The largest absolute Gasteiger partial charge is 0.452 e. The number of non-ortho nitro benzene ring substituents is 1. The molecule has 0 saturated heterocycles. The molecule has 2 aromatic carbocycles. The molecule has 0 radical (unpaired) electrons. The van der Waals surface area contributed by atoms with Crippen LogP contribution >= 0.6 is 0 Å². The summed E-state index contributed by atoms with van der Waals surface area (Å²) in [6.07, 6.45) is -1.22. The standard InChI is InChI=1S/C18H18N2O7S/c1-12(17(21)19-14-6-4-3-5-7-14)27-18(22)13(2)28(25,26)16-10-8-15(9-11-16)20(23)24/h3-13H,1-2H3,(H,19,21)/t12-,13-/m1/s1. The van der Waals surface area contributed by atoms with Gasteiger partial charge in [0.1, 0.15) is 0 Å². The van der Waals surface area contributed by atoms with Crippen LogP contribution in [0.3, 0.4) is 0 Å². The van der Waals surface area contributed by atoms with Crippen molar-refractivity contribution in [2.24, 2.45) is 0 Å². The van der Waals surface area contributed by atoms with E-state index in [0.29, 0.717) is 5.69 Å². The zero-order valence-electron chi connectivity index (χ0n) is 15.1. The molecule has 1 N–H and O–H groups in total. The number of para-hydroxylation sites is 1. The first-order chi connectivity index (χ1) is 13.1. The van der Waals surface area contributed by atoms with Gasteiger partial charge in [-0.15, -0.1) is 0 Å². The van der Waals surface area contributed by atoms with Crippen molar-refractivity contribution in [3.8, 4) is 0 Å². The third-order valence-electron chi connectivity index (χ3n) is 3.88. The van der Waals surface area contributed by atoms with Crippen molar-refractivity contribution < 1.29 is 27.7 Å². The topological polar surface area (TPSA) is 133 Å². The van der Waals surface area contributed by atoms with Gasteiger partial charge < -0.3 is 10.1 Å². The molecule has 0 bridgehead atoms. The number of nitrogens with zero attached hydrogens (tertiary/aromatic N) is 1. The fraction of sp³-hybridized carbons (Fsp3) is 0.222. The van der Waals surface area contributed by atoms with Gasteiger partial charge in [0, 0.05) is 17.8 Å². The Morgan fingerprint density at radius 1 is 1.04 bits per heavy atom. The lowest BCUT2D eigenvalue weighted by Crippen LogP contribution is -2.36. The summed E-state index contributed by atoms with van der Waals surface area (Å²) in [6.45, 7) is 2.45. The molecule has 0 saturated carbocycles.